The molecule has 25 heavy (non-hydrogen) atoms. The number of carbonyl (C=O) groups is 1. The summed E-state index contributed by atoms with van der Waals surface area (Å²) in [5.74, 6) is -0.907. The number of aromatic hydroxyl groups is 3. The number of fused-ring (bicyclic) bond motifs is 1. The molecule has 0 unspecified atom stereocenters. The van der Waals surface area contributed by atoms with Crippen molar-refractivity contribution in [1.29, 1.82) is 0 Å². The average Bonchev–Trinajstić information content (AvgIpc) is 2.53. The minimum Gasteiger partial charge on any atom is -0.508 e. The van der Waals surface area contributed by atoms with Gasteiger partial charge in [-0.1, -0.05) is 23.8 Å². The molecule has 0 saturated carbocycles. The van der Waals surface area contributed by atoms with Crippen molar-refractivity contribution in [2.24, 2.45) is 5.92 Å². The molecule has 0 aliphatic carbocycles. The number of benzene rings is 2. The number of phenols is 3. The van der Waals surface area contributed by atoms with E-state index in [1.807, 2.05) is 19.9 Å². The maximum atomic E-state index is 13.0. The molecular formula is C20H20O5. The van der Waals surface area contributed by atoms with E-state index in [1.54, 1.807) is 12.1 Å². The van der Waals surface area contributed by atoms with E-state index in [-0.39, 0.29) is 34.3 Å². The van der Waals surface area contributed by atoms with E-state index in [2.05, 4.69) is 0 Å². The Hall–Kier alpha value is -2.95. The van der Waals surface area contributed by atoms with Crippen LogP contribution < -0.4 is 4.74 Å². The average molecular weight is 340 g/mol. The molecule has 3 N–H and O–H groups in total. The number of hydrogen-bond donors (Lipinski definition) is 3. The van der Waals surface area contributed by atoms with Crippen LogP contribution >= 0.6 is 0 Å². The highest BCUT2D eigenvalue weighted by Gasteiger charge is 2.39. The van der Waals surface area contributed by atoms with Crippen LogP contribution in [0.2, 0.25) is 0 Å². The molecule has 5 nitrogen and oxygen atoms in total. The van der Waals surface area contributed by atoms with Crippen LogP contribution in [0.15, 0.2) is 48.0 Å². The molecule has 1 aliphatic rings. The van der Waals surface area contributed by atoms with Gasteiger partial charge < -0.3 is 20.1 Å². The summed E-state index contributed by atoms with van der Waals surface area (Å²) in [7, 11) is 0. The number of Topliss-reactive ketones (excluding diaryl/α,β-unsaturated/α-hetero) is 1. The standard InChI is InChI=1S/C20H20O5/c1-11(2)3-8-15-19(24)18-16(23)9-14(22)10-17(18)25-20(15)12-4-6-13(21)7-5-12/h3-7,9-10,15,20-23H,8H2,1-2H3/t15-,20+/m1/s1. The van der Waals surface area contributed by atoms with Crippen LogP contribution in [0.5, 0.6) is 23.0 Å². The van der Waals surface area contributed by atoms with Crippen molar-refractivity contribution >= 4 is 5.78 Å². The summed E-state index contributed by atoms with van der Waals surface area (Å²) in [5.41, 5.74) is 1.92. The van der Waals surface area contributed by atoms with Gasteiger partial charge in [-0.2, -0.15) is 0 Å². The first-order valence-electron chi connectivity index (χ1n) is 8.06. The second-order valence-corrected chi connectivity index (χ2v) is 6.46. The van der Waals surface area contributed by atoms with Gasteiger partial charge >= 0.3 is 0 Å². The van der Waals surface area contributed by atoms with Gasteiger partial charge in [0, 0.05) is 12.1 Å². The zero-order valence-electron chi connectivity index (χ0n) is 14.1. The Morgan fingerprint density at radius 2 is 1.76 bits per heavy atom. The van der Waals surface area contributed by atoms with E-state index in [0.717, 1.165) is 17.2 Å². The van der Waals surface area contributed by atoms with E-state index in [4.69, 9.17) is 4.74 Å². The molecule has 0 saturated heterocycles. The van der Waals surface area contributed by atoms with E-state index < -0.39 is 12.0 Å². The Kier molecular flexibility index (Phi) is 4.40. The summed E-state index contributed by atoms with van der Waals surface area (Å²) >= 11 is 0. The lowest BCUT2D eigenvalue weighted by molar-refractivity contribution is 0.0654. The third-order valence-electron chi connectivity index (χ3n) is 4.27. The zero-order chi connectivity index (χ0) is 18.1. The Bertz CT molecular complexity index is 832. The van der Waals surface area contributed by atoms with Crippen molar-refractivity contribution in [3.8, 4) is 23.0 Å². The molecule has 0 aromatic heterocycles. The minimum atomic E-state index is -0.572. The molecule has 5 heteroatoms. The smallest absolute Gasteiger partial charge is 0.177 e. The Morgan fingerprint density at radius 1 is 1.08 bits per heavy atom. The predicted molar refractivity (Wildman–Crippen MR) is 93.1 cm³/mol. The van der Waals surface area contributed by atoms with Crippen molar-refractivity contribution in [2.45, 2.75) is 26.4 Å². The summed E-state index contributed by atoms with van der Waals surface area (Å²) in [5, 5.41) is 29.3. The predicted octanol–water partition coefficient (Wildman–Crippen LogP) is 4.09. The molecule has 1 aliphatic heterocycles. The van der Waals surface area contributed by atoms with Gasteiger partial charge in [0.05, 0.1) is 5.92 Å². The van der Waals surface area contributed by atoms with Gasteiger partial charge in [0.25, 0.3) is 0 Å². The van der Waals surface area contributed by atoms with Crippen molar-refractivity contribution in [1.82, 2.24) is 0 Å². The van der Waals surface area contributed by atoms with Crippen LogP contribution in [0.1, 0.15) is 42.3 Å². The fourth-order valence-electron chi connectivity index (χ4n) is 3.03. The van der Waals surface area contributed by atoms with E-state index in [0.29, 0.717) is 6.42 Å². The van der Waals surface area contributed by atoms with Gasteiger partial charge in [-0.25, -0.2) is 0 Å². The van der Waals surface area contributed by atoms with Crippen LogP contribution in [-0.2, 0) is 0 Å². The van der Waals surface area contributed by atoms with Crippen molar-refractivity contribution in [3.63, 3.8) is 0 Å². The van der Waals surface area contributed by atoms with Gasteiger partial charge in [-0.3, -0.25) is 4.79 Å². The molecule has 0 bridgehead atoms. The highest BCUT2D eigenvalue weighted by Crippen LogP contribution is 2.45. The molecule has 2 atom stereocenters. The summed E-state index contributed by atoms with van der Waals surface area (Å²) in [4.78, 5) is 13.0. The van der Waals surface area contributed by atoms with Gasteiger partial charge in [0.1, 0.15) is 34.7 Å². The number of allylic oxidation sites excluding steroid dienone is 2. The maximum absolute atomic E-state index is 13.0. The van der Waals surface area contributed by atoms with Gasteiger partial charge in [-0.05, 0) is 38.0 Å². The SMILES string of the molecule is CC(C)=CC[C@@H]1C(=O)c2c(O)cc(O)cc2O[C@H]1c1ccc(O)cc1. The summed E-state index contributed by atoms with van der Waals surface area (Å²) < 4.78 is 5.98. The number of ketones is 1. The summed E-state index contributed by atoms with van der Waals surface area (Å²) in [6, 6.07) is 8.95. The normalized spacial score (nSPS) is 19.0. The van der Waals surface area contributed by atoms with Crippen molar-refractivity contribution in [2.75, 3.05) is 0 Å². The van der Waals surface area contributed by atoms with Crippen LogP contribution in [0.4, 0.5) is 0 Å². The molecule has 0 amide bonds. The lowest BCUT2D eigenvalue weighted by atomic mass is 9.83. The highest BCUT2D eigenvalue weighted by molar-refractivity contribution is 6.04. The van der Waals surface area contributed by atoms with E-state index in [9.17, 15) is 20.1 Å². The van der Waals surface area contributed by atoms with Crippen LogP contribution in [0.3, 0.4) is 0 Å². The first-order valence-corrected chi connectivity index (χ1v) is 8.06. The first-order chi connectivity index (χ1) is 11.9. The first kappa shape index (κ1) is 16.9. The molecular weight excluding hydrogens is 320 g/mol. The number of rotatable bonds is 3. The van der Waals surface area contributed by atoms with Crippen LogP contribution in [0.25, 0.3) is 0 Å². The zero-order valence-corrected chi connectivity index (χ0v) is 14.1. The molecule has 0 radical (unpaired) electrons. The second-order valence-electron chi connectivity index (χ2n) is 6.46. The third kappa shape index (κ3) is 3.31. The maximum Gasteiger partial charge on any atom is 0.177 e. The molecule has 1 heterocycles. The molecule has 3 rings (SSSR count). The second kappa shape index (κ2) is 6.51. The van der Waals surface area contributed by atoms with Gasteiger partial charge in [0.15, 0.2) is 5.78 Å². The van der Waals surface area contributed by atoms with Crippen LogP contribution in [0, 0.1) is 5.92 Å². The third-order valence-corrected chi connectivity index (χ3v) is 4.27. The number of hydrogen-bond acceptors (Lipinski definition) is 5. The number of phenolic OH excluding ortho intramolecular Hbond substituents is 3. The quantitative estimate of drug-likeness (QED) is 0.733. The molecule has 0 fully saturated rings. The van der Waals surface area contributed by atoms with Gasteiger partial charge in [0.2, 0.25) is 0 Å². The fraction of sp³-hybridized carbons (Fsp3) is 0.250. The molecule has 2 aromatic carbocycles. The van der Waals surface area contributed by atoms with Crippen molar-refractivity contribution < 1.29 is 24.9 Å². The highest BCUT2D eigenvalue weighted by atomic mass is 16.5. The fourth-order valence-corrected chi connectivity index (χ4v) is 3.03. The topological polar surface area (TPSA) is 87.0 Å². The van der Waals surface area contributed by atoms with Crippen LogP contribution in [-0.4, -0.2) is 21.1 Å². The van der Waals surface area contributed by atoms with Crippen molar-refractivity contribution in [3.05, 3.63) is 59.2 Å². The van der Waals surface area contributed by atoms with Gasteiger partial charge in [-0.15, -0.1) is 0 Å². The molecule has 130 valence electrons. The number of ether oxygens (including phenoxy) is 1. The largest absolute Gasteiger partial charge is 0.508 e. The lowest BCUT2D eigenvalue weighted by Crippen LogP contribution is -2.31. The van der Waals surface area contributed by atoms with E-state index >= 15 is 0 Å². The Morgan fingerprint density at radius 3 is 2.40 bits per heavy atom. The Balaban J connectivity index is 2.09. The minimum absolute atomic E-state index is 0.0972. The summed E-state index contributed by atoms with van der Waals surface area (Å²) in [6.07, 6.45) is 1.85. The summed E-state index contributed by atoms with van der Waals surface area (Å²) in [6.45, 7) is 3.90. The number of carbonyl (C=O) groups excluding carboxylic acids is 1. The lowest BCUT2D eigenvalue weighted by Gasteiger charge is -2.33. The molecule has 2 aromatic rings. The van der Waals surface area contributed by atoms with E-state index in [1.165, 1.54) is 18.2 Å². The molecule has 0 spiro atoms. The monoisotopic (exact) mass is 340 g/mol. The Labute approximate surface area is 145 Å².